The Morgan fingerprint density at radius 3 is 2.61 bits per heavy atom. The second-order valence-corrected chi connectivity index (χ2v) is 3.82. The van der Waals surface area contributed by atoms with Crippen LogP contribution in [0.2, 0.25) is 5.02 Å². The molecule has 0 amide bonds. The van der Waals surface area contributed by atoms with Gasteiger partial charge in [0.05, 0.1) is 23.0 Å². The number of hydrogen-bond acceptors (Lipinski definition) is 3. The highest BCUT2D eigenvalue weighted by Crippen LogP contribution is 2.30. The third-order valence-corrected chi connectivity index (χ3v) is 2.54. The van der Waals surface area contributed by atoms with Gasteiger partial charge in [-0.1, -0.05) is 11.6 Å². The number of fused-ring (bicyclic) bond motifs is 1. The van der Waals surface area contributed by atoms with Crippen molar-refractivity contribution in [2.24, 2.45) is 0 Å². The Balaban J connectivity index is 2.79. The van der Waals surface area contributed by atoms with Crippen molar-refractivity contribution in [3.8, 4) is 5.75 Å². The topological polar surface area (TPSA) is 55.0 Å². The van der Waals surface area contributed by atoms with E-state index in [9.17, 15) is 18.0 Å². The van der Waals surface area contributed by atoms with Gasteiger partial charge in [-0.3, -0.25) is 4.79 Å². The van der Waals surface area contributed by atoms with Crippen LogP contribution in [0.15, 0.2) is 16.9 Å². The smallest absolute Gasteiger partial charge is 0.449 e. The summed E-state index contributed by atoms with van der Waals surface area (Å²) in [6.07, 6.45) is -4.72. The number of methoxy groups -OCH3 is 1. The summed E-state index contributed by atoms with van der Waals surface area (Å²) >= 11 is 5.76. The molecule has 0 saturated carbocycles. The lowest BCUT2D eigenvalue weighted by Gasteiger charge is -2.08. The maximum atomic E-state index is 12.5. The van der Waals surface area contributed by atoms with Gasteiger partial charge < -0.3 is 9.72 Å². The number of rotatable bonds is 1. The maximum absolute atomic E-state index is 12.5. The van der Waals surface area contributed by atoms with Gasteiger partial charge in [0.15, 0.2) is 0 Å². The molecule has 4 nitrogen and oxygen atoms in total. The zero-order valence-corrected chi connectivity index (χ0v) is 9.69. The van der Waals surface area contributed by atoms with Crippen molar-refractivity contribution < 1.29 is 17.9 Å². The standard InChI is InChI=1S/C10H6ClF3N2O2/c1-18-7-2-4-6(3-5(7)11)15-9(10(12,13)14)16-8(4)17/h2-3H,1H3,(H,15,16,17). The summed E-state index contributed by atoms with van der Waals surface area (Å²) in [5.74, 6) is -1.17. The van der Waals surface area contributed by atoms with Gasteiger partial charge in [-0.2, -0.15) is 13.2 Å². The van der Waals surface area contributed by atoms with Gasteiger partial charge >= 0.3 is 6.18 Å². The van der Waals surface area contributed by atoms with Crippen LogP contribution in [-0.4, -0.2) is 17.1 Å². The first-order chi connectivity index (χ1) is 8.32. The van der Waals surface area contributed by atoms with Crippen LogP contribution in [0.1, 0.15) is 5.82 Å². The Labute approximate surface area is 103 Å². The molecule has 0 saturated heterocycles. The van der Waals surface area contributed by atoms with Crippen LogP contribution in [0.5, 0.6) is 5.75 Å². The molecule has 8 heteroatoms. The van der Waals surface area contributed by atoms with Gasteiger partial charge in [-0.25, -0.2) is 4.98 Å². The number of alkyl halides is 3. The minimum Gasteiger partial charge on any atom is -0.495 e. The van der Waals surface area contributed by atoms with E-state index in [-0.39, 0.29) is 21.7 Å². The molecule has 0 bridgehead atoms. The number of nitrogens with zero attached hydrogens (tertiary/aromatic N) is 1. The number of benzene rings is 1. The number of nitrogens with one attached hydrogen (secondary N) is 1. The predicted molar refractivity (Wildman–Crippen MR) is 58.9 cm³/mol. The Hall–Kier alpha value is -1.76. The van der Waals surface area contributed by atoms with E-state index in [1.807, 2.05) is 0 Å². The molecule has 0 aliphatic heterocycles. The van der Waals surface area contributed by atoms with Gasteiger partial charge in [-0.15, -0.1) is 0 Å². The molecule has 18 heavy (non-hydrogen) atoms. The number of aromatic amines is 1. The van der Waals surface area contributed by atoms with Crippen molar-refractivity contribution in [2.45, 2.75) is 6.18 Å². The highest BCUT2D eigenvalue weighted by atomic mass is 35.5. The molecule has 0 aliphatic rings. The lowest BCUT2D eigenvalue weighted by atomic mass is 10.2. The number of halogens is 4. The minimum atomic E-state index is -4.72. The average molecular weight is 279 g/mol. The van der Waals surface area contributed by atoms with Crippen LogP contribution >= 0.6 is 11.6 Å². The van der Waals surface area contributed by atoms with E-state index in [0.717, 1.165) is 6.07 Å². The van der Waals surface area contributed by atoms with E-state index >= 15 is 0 Å². The summed E-state index contributed by atoms with van der Waals surface area (Å²) in [6, 6.07) is 2.39. The first kappa shape index (κ1) is 12.7. The van der Waals surface area contributed by atoms with Crippen molar-refractivity contribution in [3.05, 3.63) is 33.3 Å². The molecular weight excluding hydrogens is 273 g/mol. The number of H-pyrrole nitrogens is 1. The summed E-state index contributed by atoms with van der Waals surface area (Å²) in [5.41, 5.74) is -1.04. The predicted octanol–water partition coefficient (Wildman–Crippen LogP) is 2.60. The number of ether oxygens (including phenoxy) is 1. The van der Waals surface area contributed by atoms with Crippen LogP contribution < -0.4 is 10.3 Å². The molecule has 96 valence electrons. The minimum absolute atomic E-state index is 0.0238. The van der Waals surface area contributed by atoms with Crippen LogP contribution in [0.25, 0.3) is 10.9 Å². The second-order valence-electron chi connectivity index (χ2n) is 3.42. The van der Waals surface area contributed by atoms with Gasteiger partial charge in [0.2, 0.25) is 5.82 Å². The molecule has 1 aromatic heterocycles. The quantitative estimate of drug-likeness (QED) is 0.872. The third-order valence-electron chi connectivity index (χ3n) is 2.25. The first-order valence-corrected chi connectivity index (χ1v) is 5.05. The van der Waals surface area contributed by atoms with Crippen LogP contribution in [0.3, 0.4) is 0 Å². The Bertz CT molecular complexity index is 666. The molecular formula is C10H6ClF3N2O2. The van der Waals surface area contributed by atoms with E-state index in [1.54, 1.807) is 4.98 Å². The largest absolute Gasteiger partial charge is 0.495 e. The highest BCUT2D eigenvalue weighted by Gasteiger charge is 2.34. The van der Waals surface area contributed by atoms with Crippen LogP contribution in [0.4, 0.5) is 13.2 Å². The Morgan fingerprint density at radius 1 is 1.39 bits per heavy atom. The highest BCUT2D eigenvalue weighted by molar-refractivity contribution is 6.32. The molecule has 2 rings (SSSR count). The van der Waals surface area contributed by atoms with E-state index in [2.05, 4.69) is 4.98 Å². The average Bonchev–Trinajstić information content (AvgIpc) is 2.26. The fourth-order valence-corrected chi connectivity index (χ4v) is 1.67. The molecule has 0 unspecified atom stereocenters. The van der Waals surface area contributed by atoms with Gasteiger partial charge in [0.1, 0.15) is 5.75 Å². The fraction of sp³-hybridized carbons (Fsp3) is 0.200. The van der Waals surface area contributed by atoms with Gasteiger partial charge in [0, 0.05) is 0 Å². The second kappa shape index (κ2) is 4.16. The lowest BCUT2D eigenvalue weighted by molar-refractivity contribution is -0.144. The lowest BCUT2D eigenvalue weighted by Crippen LogP contribution is -2.19. The molecule has 1 N–H and O–H groups in total. The number of hydrogen-bond donors (Lipinski definition) is 1. The molecule has 0 spiro atoms. The molecule has 0 radical (unpaired) electrons. The zero-order valence-electron chi connectivity index (χ0n) is 8.93. The van der Waals surface area contributed by atoms with Crippen molar-refractivity contribution in [1.82, 2.24) is 9.97 Å². The fourth-order valence-electron chi connectivity index (χ4n) is 1.43. The number of aromatic nitrogens is 2. The Kier molecular flexibility index (Phi) is 2.94. The van der Waals surface area contributed by atoms with Crippen molar-refractivity contribution >= 4 is 22.5 Å². The van der Waals surface area contributed by atoms with Crippen LogP contribution in [-0.2, 0) is 6.18 Å². The molecule has 0 atom stereocenters. The summed E-state index contributed by atoms with van der Waals surface area (Å²) in [7, 11) is 1.33. The molecule has 0 aliphatic carbocycles. The summed E-state index contributed by atoms with van der Waals surface area (Å²) in [5, 5.41) is 0.0560. The van der Waals surface area contributed by atoms with E-state index in [0.29, 0.717) is 0 Å². The third kappa shape index (κ3) is 2.13. The maximum Gasteiger partial charge on any atom is 0.449 e. The zero-order chi connectivity index (χ0) is 13.5. The first-order valence-electron chi connectivity index (χ1n) is 4.67. The van der Waals surface area contributed by atoms with Crippen molar-refractivity contribution in [3.63, 3.8) is 0 Å². The molecule has 1 aromatic carbocycles. The van der Waals surface area contributed by atoms with Gasteiger partial charge in [-0.05, 0) is 12.1 Å². The summed E-state index contributed by atoms with van der Waals surface area (Å²) in [4.78, 5) is 16.5. The van der Waals surface area contributed by atoms with Gasteiger partial charge in [0.25, 0.3) is 5.56 Å². The van der Waals surface area contributed by atoms with Crippen LogP contribution in [0, 0.1) is 0 Å². The SMILES string of the molecule is COc1cc2c(=O)[nH]c(C(F)(F)F)nc2cc1Cl. The molecule has 2 aromatic rings. The molecule has 1 heterocycles. The Morgan fingerprint density at radius 2 is 2.06 bits per heavy atom. The monoisotopic (exact) mass is 278 g/mol. The van der Waals surface area contributed by atoms with E-state index in [4.69, 9.17) is 16.3 Å². The summed E-state index contributed by atoms with van der Waals surface area (Å²) < 4.78 is 42.2. The normalized spacial score (nSPS) is 11.8. The van der Waals surface area contributed by atoms with Crippen molar-refractivity contribution in [1.29, 1.82) is 0 Å². The van der Waals surface area contributed by atoms with Crippen molar-refractivity contribution in [2.75, 3.05) is 7.11 Å². The van der Waals surface area contributed by atoms with E-state index in [1.165, 1.54) is 13.2 Å². The molecule has 0 fully saturated rings. The van der Waals surface area contributed by atoms with E-state index < -0.39 is 17.6 Å². The summed E-state index contributed by atoms with van der Waals surface area (Å²) in [6.45, 7) is 0.